The van der Waals surface area contributed by atoms with Gasteiger partial charge in [0, 0.05) is 15.9 Å². The average molecular weight is 379 g/mol. The molecular weight excluding hydrogens is 362 g/mol. The van der Waals surface area contributed by atoms with E-state index in [-0.39, 0.29) is 5.97 Å². The van der Waals surface area contributed by atoms with Crippen molar-refractivity contribution in [2.45, 2.75) is 25.3 Å². The Kier molecular flexibility index (Phi) is 5.64. The van der Waals surface area contributed by atoms with Gasteiger partial charge >= 0.3 is 5.97 Å². The van der Waals surface area contributed by atoms with Gasteiger partial charge < -0.3 is 10.1 Å². The molecule has 3 nitrogen and oxygen atoms in total. The van der Waals surface area contributed by atoms with E-state index >= 15 is 0 Å². The zero-order chi connectivity index (χ0) is 14.6. The highest BCUT2D eigenvalue weighted by atomic mass is 79.9. The number of rotatable bonds is 4. The fraction of sp³-hybridized carbons (Fsp3) is 0.500. The van der Waals surface area contributed by atoms with Gasteiger partial charge in [-0.05, 0) is 59.6 Å². The predicted molar refractivity (Wildman–Crippen MR) is 88.7 cm³/mol. The molecule has 20 heavy (non-hydrogen) atoms. The third-order valence-corrected chi connectivity index (χ3v) is 5.70. The number of esters is 1. The largest absolute Gasteiger partial charge is 0.464 e. The number of hydrogen-bond acceptors (Lipinski definition) is 4. The Morgan fingerprint density at radius 3 is 3.00 bits per heavy atom. The van der Waals surface area contributed by atoms with Crippen molar-refractivity contribution in [1.29, 1.82) is 0 Å². The van der Waals surface area contributed by atoms with Crippen LogP contribution >= 0.6 is 39.3 Å². The first-order valence-electron chi connectivity index (χ1n) is 6.55. The Bertz CT molecular complexity index is 492. The Morgan fingerprint density at radius 2 is 2.40 bits per heavy atom. The molecule has 1 N–H and O–H groups in total. The fourth-order valence-electron chi connectivity index (χ4n) is 2.22. The van der Waals surface area contributed by atoms with Gasteiger partial charge in [0.1, 0.15) is 5.54 Å². The van der Waals surface area contributed by atoms with E-state index in [1.54, 1.807) is 11.8 Å². The van der Waals surface area contributed by atoms with Gasteiger partial charge in [-0.1, -0.05) is 11.6 Å². The summed E-state index contributed by atoms with van der Waals surface area (Å²) in [7, 11) is 0. The van der Waals surface area contributed by atoms with Crippen molar-refractivity contribution < 1.29 is 9.53 Å². The number of nitrogens with one attached hydrogen (secondary N) is 1. The molecular formula is C14H17BrClNO2S. The van der Waals surface area contributed by atoms with E-state index in [9.17, 15) is 4.79 Å². The van der Waals surface area contributed by atoms with Crippen LogP contribution in [0.3, 0.4) is 0 Å². The molecule has 0 spiro atoms. The number of carbonyl (C=O) groups excluding carboxylic acids is 1. The molecule has 1 fully saturated rings. The maximum Gasteiger partial charge on any atom is 0.332 e. The molecule has 1 saturated heterocycles. The quantitative estimate of drug-likeness (QED) is 0.791. The second-order valence-corrected chi connectivity index (χ2v) is 7.08. The van der Waals surface area contributed by atoms with E-state index in [2.05, 4.69) is 21.2 Å². The van der Waals surface area contributed by atoms with Gasteiger partial charge in [-0.3, -0.25) is 0 Å². The lowest BCUT2D eigenvalue weighted by Gasteiger charge is -2.36. The molecule has 6 heteroatoms. The lowest BCUT2D eigenvalue weighted by molar-refractivity contribution is -0.148. The minimum absolute atomic E-state index is 0.168. The molecule has 1 unspecified atom stereocenters. The monoisotopic (exact) mass is 377 g/mol. The number of thioether (sulfide) groups is 1. The van der Waals surface area contributed by atoms with Crippen molar-refractivity contribution in [3.05, 3.63) is 27.7 Å². The zero-order valence-corrected chi connectivity index (χ0v) is 14.4. The zero-order valence-electron chi connectivity index (χ0n) is 11.2. The first kappa shape index (κ1) is 16.0. The summed E-state index contributed by atoms with van der Waals surface area (Å²) >= 11 is 11.2. The lowest BCUT2D eigenvalue weighted by Crippen LogP contribution is -2.51. The van der Waals surface area contributed by atoms with Crippen LogP contribution < -0.4 is 5.32 Å². The Morgan fingerprint density at radius 1 is 1.60 bits per heavy atom. The van der Waals surface area contributed by atoms with E-state index in [0.717, 1.165) is 34.5 Å². The number of halogens is 2. The smallest absolute Gasteiger partial charge is 0.332 e. The van der Waals surface area contributed by atoms with Gasteiger partial charge in [0.25, 0.3) is 0 Å². The van der Waals surface area contributed by atoms with E-state index in [1.807, 2.05) is 25.1 Å². The SMILES string of the molecule is CCOC(=O)C1(Nc2ccc(Cl)c(Br)c2)CCCSC1. The summed E-state index contributed by atoms with van der Waals surface area (Å²) in [6.45, 7) is 2.23. The normalized spacial score (nSPS) is 22.4. The second-order valence-electron chi connectivity index (χ2n) is 4.71. The highest BCUT2D eigenvalue weighted by Crippen LogP contribution is 2.33. The van der Waals surface area contributed by atoms with E-state index in [1.165, 1.54) is 0 Å². The molecule has 1 aliphatic heterocycles. The average Bonchev–Trinajstić information content (AvgIpc) is 2.44. The lowest BCUT2D eigenvalue weighted by atomic mass is 9.95. The molecule has 0 aromatic heterocycles. The van der Waals surface area contributed by atoms with Crippen LogP contribution in [0.2, 0.25) is 5.02 Å². The molecule has 0 radical (unpaired) electrons. The number of hydrogen-bond donors (Lipinski definition) is 1. The molecule has 1 aromatic carbocycles. The molecule has 1 atom stereocenters. The molecule has 0 bridgehead atoms. The van der Waals surface area contributed by atoms with Gasteiger partial charge in [-0.15, -0.1) is 0 Å². The van der Waals surface area contributed by atoms with Crippen molar-refractivity contribution in [3.8, 4) is 0 Å². The number of carbonyl (C=O) groups is 1. The summed E-state index contributed by atoms with van der Waals surface area (Å²) < 4.78 is 6.07. The molecule has 1 heterocycles. The summed E-state index contributed by atoms with van der Waals surface area (Å²) in [5.74, 6) is 1.65. The summed E-state index contributed by atoms with van der Waals surface area (Å²) in [5.41, 5.74) is 0.239. The molecule has 0 amide bonds. The van der Waals surface area contributed by atoms with Crippen LogP contribution in [0.15, 0.2) is 22.7 Å². The van der Waals surface area contributed by atoms with Gasteiger partial charge in [0.05, 0.1) is 11.6 Å². The Hall–Kier alpha value is -0.390. The number of benzene rings is 1. The van der Waals surface area contributed by atoms with Gasteiger partial charge in [0.15, 0.2) is 0 Å². The van der Waals surface area contributed by atoms with E-state index < -0.39 is 5.54 Å². The van der Waals surface area contributed by atoms with Crippen LogP contribution in [0.1, 0.15) is 19.8 Å². The van der Waals surface area contributed by atoms with Crippen molar-refractivity contribution in [3.63, 3.8) is 0 Å². The number of anilines is 1. The summed E-state index contributed by atoms with van der Waals surface area (Å²) in [6, 6.07) is 5.58. The maximum atomic E-state index is 12.3. The van der Waals surface area contributed by atoms with Gasteiger partial charge in [0.2, 0.25) is 0 Å². The van der Waals surface area contributed by atoms with Crippen LogP contribution in [-0.2, 0) is 9.53 Å². The first-order chi connectivity index (χ1) is 9.57. The molecule has 0 aliphatic carbocycles. The highest BCUT2D eigenvalue weighted by molar-refractivity contribution is 9.10. The van der Waals surface area contributed by atoms with Crippen LogP contribution in [0.25, 0.3) is 0 Å². The van der Waals surface area contributed by atoms with Crippen molar-refractivity contribution in [1.82, 2.24) is 0 Å². The van der Waals surface area contributed by atoms with Crippen LogP contribution in [0.4, 0.5) is 5.69 Å². The number of ether oxygens (including phenoxy) is 1. The predicted octanol–water partition coefficient (Wildman–Crippen LogP) is 4.34. The van der Waals surface area contributed by atoms with Crippen LogP contribution in [0.5, 0.6) is 0 Å². The van der Waals surface area contributed by atoms with Crippen LogP contribution in [-0.4, -0.2) is 29.6 Å². The van der Waals surface area contributed by atoms with Gasteiger partial charge in [-0.2, -0.15) is 11.8 Å². The second kappa shape index (κ2) is 7.05. The fourth-order valence-corrected chi connectivity index (χ4v) is 3.90. The maximum absolute atomic E-state index is 12.3. The summed E-state index contributed by atoms with van der Waals surface area (Å²) in [6.07, 6.45) is 1.80. The first-order valence-corrected chi connectivity index (χ1v) is 8.88. The Balaban J connectivity index is 2.22. The standard InChI is InChI=1S/C14H17BrClNO2S/c1-2-19-13(18)14(6-3-7-20-9-14)17-10-4-5-12(16)11(15)8-10/h4-5,8,17H,2-3,6-7,9H2,1H3. The Labute approximate surface area is 136 Å². The summed E-state index contributed by atoms with van der Waals surface area (Å²) in [4.78, 5) is 12.3. The van der Waals surface area contributed by atoms with Crippen molar-refractivity contribution in [2.24, 2.45) is 0 Å². The van der Waals surface area contributed by atoms with Crippen LogP contribution in [0, 0.1) is 0 Å². The van der Waals surface area contributed by atoms with E-state index in [4.69, 9.17) is 16.3 Å². The third kappa shape index (κ3) is 3.62. The third-order valence-electron chi connectivity index (χ3n) is 3.21. The molecule has 0 saturated carbocycles. The van der Waals surface area contributed by atoms with Gasteiger partial charge in [-0.25, -0.2) is 4.79 Å². The van der Waals surface area contributed by atoms with Crippen molar-refractivity contribution >= 4 is 50.9 Å². The van der Waals surface area contributed by atoms with E-state index in [0.29, 0.717) is 11.6 Å². The molecule has 110 valence electrons. The van der Waals surface area contributed by atoms with Crippen molar-refractivity contribution in [2.75, 3.05) is 23.4 Å². The topological polar surface area (TPSA) is 38.3 Å². The highest BCUT2D eigenvalue weighted by Gasteiger charge is 2.41. The molecule has 1 aliphatic rings. The molecule has 2 rings (SSSR count). The molecule has 1 aromatic rings. The minimum atomic E-state index is -0.633. The summed E-state index contributed by atoms with van der Waals surface area (Å²) in [5, 5.41) is 4.01. The minimum Gasteiger partial charge on any atom is -0.464 e.